The minimum atomic E-state index is -0.601. The number of rotatable bonds is 7. The molecule has 1 unspecified atom stereocenters. The van der Waals surface area contributed by atoms with Gasteiger partial charge in [0.25, 0.3) is 5.91 Å². The molecule has 4 aromatic rings. The molecule has 0 radical (unpaired) electrons. The van der Waals surface area contributed by atoms with Gasteiger partial charge in [-0.3, -0.25) is 4.79 Å². The van der Waals surface area contributed by atoms with Crippen molar-refractivity contribution in [2.24, 2.45) is 0 Å². The maximum atomic E-state index is 13.1. The molecule has 0 bridgehead atoms. The van der Waals surface area contributed by atoms with Crippen molar-refractivity contribution in [2.45, 2.75) is 13.0 Å². The highest BCUT2D eigenvalue weighted by Crippen LogP contribution is 2.33. The lowest BCUT2D eigenvalue weighted by Gasteiger charge is -2.08. The van der Waals surface area contributed by atoms with E-state index < -0.39 is 11.9 Å². The molecule has 4 rings (SSSR count). The van der Waals surface area contributed by atoms with Crippen LogP contribution in [0.3, 0.4) is 0 Å². The predicted octanol–water partition coefficient (Wildman–Crippen LogP) is 4.04. The summed E-state index contributed by atoms with van der Waals surface area (Å²) < 4.78 is 34.2. The van der Waals surface area contributed by atoms with Crippen molar-refractivity contribution in [1.29, 1.82) is 0 Å². The third-order valence-corrected chi connectivity index (χ3v) is 4.68. The highest BCUT2D eigenvalue weighted by Gasteiger charge is 2.22. The zero-order valence-corrected chi connectivity index (χ0v) is 17.5. The van der Waals surface area contributed by atoms with Crippen molar-refractivity contribution in [1.82, 2.24) is 20.6 Å². The van der Waals surface area contributed by atoms with Crippen LogP contribution >= 0.6 is 0 Å². The molecule has 0 fully saturated rings. The second kappa shape index (κ2) is 8.88. The normalized spacial score (nSPS) is 11.8. The molecule has 9 nitrogen and oxygen atoms in total. The average Bonchev–Trinajstić information content (AvgIpc) is 3.49. The maximum Gasteiger partial charge on any atom is 0.274 e. The van der Waals surface area contributed by atoms with Crippen molar-refractivity contribution in [2.75, 3.05) is 14.2 Å². The van der Waals surface area contributed by atoms with Crippen molar-refractivity contribution in [3.05, 3.63) is 65.9 Å². The summed E-state index contributed by atoms with van der Waals surface area (Å²) in [6, 6.07) is 11.8. The fraction of sp³-hybridized carbons (Fsp3) is 0.182. The van der Waals surface area contributed by atoms with Gasteiger partial charge in [-0.15, -0.1) is 0 Å². The lowest BCUT2D eigenvalue weighted by atomic mass is 10.1. The van der Waals surface area contributed by atoms with Gasteiger partial charge in [-0.25, -0.2) is 4.39 Å². The van der Waals surface area contributed by atoms with Gasteiger partial charge in [0, 0.05) is 11.6 Å². The molecular formula is C22H19FN4O5. The Balaban J connectivity index is 1.48. The molecule has 32 heavy (non-hydrogen) atoms. The van der Waals surface area contributed by atoms with E-state index in [1.807, 2.05) is 0 Å². The van der Waals surface area contributed by atoms with Crippen LogP contribution < -0.4 is 14.8 Å². The SMILES string of the molecule is COc1ccc(OC)c(-c2cc(C(=O)NC(C)c3nc(-c4ccc(F)cc4)no3)no2)c1. The Morgan fingerprint density at radius 3 is 2.53 bits per heavy atom. The molecule has 2 heterocycles. The van der Waals surface area contributed by atoms with Crippen LogP contribution in [0.1, 0.15) is 29.3 Å². The second-order valence-corrected chi connectivity index (χ2v) is 6.80. The van der Waals surface area contributed by atoms with Gasteiger partial charge in [0.15, 0.2) is 11.5 Å². The van der Waals surface area contributed by atoms with Crippen LogP contribution in [0.15, 0.2) is 57.6 Å². The van der Waals surface area contributed by atoms with Crippen molar-refractivity contribution in [3.8, 4) is 34.2 Å². The van der Waals surface area contributed by atoms with Crippen LogP contribution in [-0.2, 0) is 0 Å². The van der Waals surface area contributed by atoms with Crippen molar-refractivity contribution >= 4 is 5.91 Å². The standard InChI is InChI=1S/C22H19FN4O5/c1-12(22-25-20(27-32-22)13-4-6-14(23)7-5-13)24-21(28)17-11-19(31-26-17)16-10-15(29-2)8-9-18(16)30-3/h4-12H,1-3H3,(H,24,28). The summed E-state index contributed by atoms with van der Waals surface area (Å²) >= 11 is 0. The summed E-state index contributed by atoms with van der Waals surface area (Å²) in [4.78, 5) is 16.9. The molecule has 10 heteroatoms. The molecule has 2 aromatic heterocycles. The van der Waals surface area contributed by atoms with Crippen LogP contribution in [-0.4, -0.2) is 35.4 Å². The van der Waals surface area contributed by atoms with E-state index in [9.17, 15) is 9.18 Å². The van der Waals surface area contributed by atoms with E-state index in [1.54, 1.807) is 32.2 Å². The van der Waals surface area contributed by atoms with E-state index in [2.05, 4.69) is 20.6 Å². The number of nitrogens with zero attached hydrogens (tertiary/aromatic N) is 3. The molecule has 0 saturated heterocycles. The number of carbonyl (C=O) groups excluding carboxylic acids is 1. The summed E-state index contributed by atoms with van der Waals surface area (Å²) in [6.45, 7) is 1.69. The van der Waals surface area contributed by atoms with Gasteiger partial charge in [-0.1, -0.05) is 10.3 Å². The maximum absolute atomic E-state index is 13.1. The number of hydrogen-bond acceptors (Lipinski definition) is 8. The summed E-state index contributed by atoms with van der Waals surface area (Å²) in [5.41, 5.74) is 1.25. The fourth-order valence-corrected chi connectivity index (χ4v) is 2.98. The molecule has 0 saturated carbocycles. The van der Waals surface area contributed by atoms with Crippen LogP contribution in [0.25, 0.3) is 22.7 Å². The second-order valence-electron chi connectivity index (χ2n) is 6.80. The number of carbonyl (C=O) groups is 1. The summed E-state index contributed by atoms with van der Waals surface area (Å²) in [5, 5.41) is 10.5. The first-order valence-electron chi connectivity index (χ1n) is 9.58. The molecule has 0 spiro atoms. The summed E-state index contributed by atoms with van der Waals surface area (Å²) in [6.07, 6.45) is 0. The number of halogens is 1. The topological polar surface area (TPSA) is 113 Å². The van der Waals surface area contributed by atoms with Gasteiger partial charge in [0.2, 0.25) is 11.7 Å². The smallest absolute Gasteiger partial charge is 0.274 e. The lowest BCUT2D eigenvalue weighted by Crippen LogP contribution is -2.27. The van der Waals surface area contributed by atoms with Crippen LogP contribution in [0.4, 0.5) is 4.39 Å². The zero-order valence-electron chi connectivity index (χ0n) is 17.5. The minimum Gasteiger partial charge on any atom is -0.497 e. The third-order valence-electron chi connectivity index (χ3n) is 4.68. The molecule has 164 valence electrons. The van der Waals surface area contributed by atoms with E-state index in [0.29, 0.717) is 28.4 Å². The molecule has 0 aliphatic carbocycles. The average molecular weight is 438 g/mol. The van der Waals surface area contributed by atoms with E-state index >= 15 is 0 Å². The Labute approximate surface area is 182 Å². The number of benzene rings is 2. The van der Waals surface area contributed by atoms with Gasteiger partial charge < -0.3 is 23.8 Å². The van der Waals surface area contributed by atoms with Gasteiger partial charge in [0.1, 0.15) is 23.4 Å². The van der Waals surface area contributed by atoms with Crippen LogP contribution in [0.5, 0.6) is 11.5 Å². The molecule has 1 amide bonds. The van der Waals surface area contributed by atoms with Gasteiger partial charge in [-0.05, 0) is 49.4 Å². The molecule has 0 aliphatic heterocycles. The fourth-order valence-electron chi connectivity index (χ4n) is 2.98. The first-order valence-corrected chi connectivity index (χ1v) is 9.58. The summed E-state index contributed by atoms with van der Waals surface area (Å²) in [7, 11) is 3.08. The lowest BCUT2D eigenvalue weighted by molar-refractivity contribution is 0.0923. The van der Waals surface area contributed by atoms with E-state index in [4.69, 9.17) is 18.5 Å². The number of nitrogens with one attached hydrogen (secondary N) is 1. The van der Waals surface area contributed by atoms with Crippen LogP contribution in [0.2, 0.25) is 0 Å². The van der Waals surface area contributed by atoms with Crippen LogP contribution in [0, 0.1) is 5.82 Å². The monoisotopic (exact) mass is 438 g/mol. The zero-order chi connectivity index (χ0) is 22.7. The van der Waals surface area contributed by atoms with E-state index in [-0.39, 0.29) is 23.2 Å². The Bertz CT molecular complexity index is 1240. The Morgan fingerprint density at radius 1 is 1.03 bits per heavy atom. The van der Waals surface area contributed by atoms with Crippen molar-refractivity contribution < 1.29 is 27.7 Å². The highest BCUT2D eigenvalue weighted by atomic mass is 19.1. The summed E-state index contributed by atoms with van der Waals surface area (Å²) in [5.74, 6) is 1.11. The van der Waals surface area contributed by atoms with E-state index in [1.165, 1.54) is 37.4 Å². The first kappa shape index (κ1) is 21.0. The van der Waals surface area contributed by atoms with E-state index in [0.717, 1.165) is 0 Å². The number of amides is 1. The van der Waals surface area contributed by atoms with Gasteiger partial charge in [-0.2, -0.15) is 4.98 Å². The number of aromatic nitrogens is 3. The molecule has 1 N–H and O–H groups in total. The van der Waals surface area contributed by atoms with Crippen molar-refractivity contribution in [3.63, 3.8) is 0 Å². The Morgan fingerprint density at radius 2 is 1.81 bits per heavy atom. The Kier molecular flexibility index (Phi) is 5.84. The van der Waals surface area contributed by atoms with Gasteiger partial charge >= 0.3 is 0 Å². The third kappa shape index (κ3) is 4.29. The molecule has 0 aliphatic rings. The molecule has 1 atom stereocenters. The quantitative estimate of drug-likeness (QED) is 0.460. The van der Waals surface area contributed by atoms with Gasteiger partial charge in [0.05, 0.1) is 19.8 Å². The Hall–Kier alpha value is -4.21. The molecule has 2 aromatic carbocycles. The number of hydrogen-bond donors (Lipinski definition) is 1. The highest BCUT2D eigenvalue weighted by molar-refractivity contribution is 5.93. The molecular weight excluding hydrogens is 419 g/mol. The first-order chi connectivity index (χ1) is 15.5. The number of methoxy groups -OCH3 is 2. The number of ether oxygens (including phenoxy) is 2. The predicted molar refractivity (Wildman–Crippen MR) is 111 cm³/mol. The largest absolute Gasteiger partial charge is 0.497 e. The minimum absolute atomic E-state index is 0.0648.